The normalized spacial score (nSPS) is 18.1. The molecule has 1 aliphatic heterocycles. The Kier molecular flexibility index (Phi) is 2.96. The molecule has 1 nitrogen and oxygen atoms in total. The van der Waals surface area contributed by atoms with Crippen LogP contribution in [0, 0.1) is 0 Å². The standard InChI is InChI=1S/C16H14BrN/c1-11-9-14(12-5-3-2-4-6-12)15-10-13(17)7-8-16(15)18-11/h2-8,10,14,18H,1,9H2. The number of fused-ring (bicyclic) bond motifs is 1. The third kappa shape index (κ3) is 2.08. The van der Waals surface area contributed by atoms with Crippen LogP contribution < -0.4 is 5.32 Å². The predicted molar refractivity (Wildman–Crippen MR) is 79.8 cm³/mol. The molecule has 0 radical (unpaired) electrons. The van der Waals surface area contributed by atoms with E-state index in [1.165, 1.54) is 16.8 Å². The van der Waals surface area contributed by atoms with Crippen molar-refractivity contribution < 1.29 is 0 Å². The maximum absolute atomic E-state index is 4.09. The largest absolute Gasteiger partial charge is 0.359 e. The van der Waals surface area contributed by atoms with Gasteiger partial charge in [0.25, 0.3) is 0 Å². The van der Waals surface area contributed by atoms with Crippen molar-refractivity contribution in [3.8, 4) is 0 Å². The van der Waals surface area contributed by atoms with Crippen LogP contribution in [-0.4, -0.2) is 0 Å². The molecule has 1 heterocycles. The highest BCUT2D eigenvalue weighted by Crippen LogP contribution is 2.40. The molecule has 1 N–H and O–H groups in total. The maximum Gasteiger partial charge on any atom is 0.0421 e. The summed E-state index contributed by atoms with van der Waals surface area (Å²) in [6, 6.07) is 17.0. The van der Waals surface area contributed by atoms with E-state index in [0.717, 1.165) is 16.6 Å². The number of halogens is 1. The van der Waals surface area contributed by atoms with E-state index in [2.05, 4.69) is 76.4 Å². The van der Waals surface area contributed by atoms with Crippen molar-refractivity contribution in [1.82, 2.24) is 0 Å². The highest BCUT2D eigenvalue weighted by atomic mass is 79.9. The van der Waals surface area contributed by atoms with Crippen molar-refractivity contribution in [2.45, 2.75) is 12.3 Å². The van der Waals surface area contributed by atoms with Crippen molar-refractivity contribution in [2.24, 2.45) is 0 Å². The lowest BCUT2D eigenvalue weighted by atomic mass is 9.84. The van der Waals surface area contributed by atoms with Crippen LogP contribution in [0.1, 0.15) is 23.5 Å². The van der Waals surface area contributed by atoms with Crippen LogP contribution in [0.2, 0.25) is 0 Å². The summed E-state index contributed by atoms with van der Waals surface area (Å²) in [5.74, 6) is 0.396. The molecule has 2 aromatic rings. The number of hydrogen-bond acceptors (Lipinski definition) is 1. The molecule has 1 atom stereocenters. The second-order valence-electron chi connectivity index (χ2n) is 4.63. The van der Waals surface area contributed by atoms with Gasteiger partial charge < -0.3 is 5.32 Å². The van der Waals surface area contributed by atoms with Gasteiger partial charge >= 0.3 is 0 Å². The van der Waals surface area contributed by atoms with E-state index in [4.69, 9.17) is 0 Å². The van der Waals surface area contributed by atoms with Gasteiger partial charge in [0, 0.05) is 21.8 Å². The van der Waals surface area contributed by atoms with Crippen molar-refractivity contribution in [2.75, 3.05) is 5.32 Å². The minimum absolute atomic E-state index is 0.396. The van der Waals surface area contributed by atoms with Gasteiger partial charge in [-0.1, -0.05) is 52.8 Å². The van der Waals surface area contributed by atoms with Gasteiger partial charge in [0.05, 0.1) is 0 Å². The molecule has 0 saturated heterocycles. The summed E-state index contributed by atoms with van der Waals surface area (Å²) < 4.78 is 1.12. The molecule has 1 aliphatic rings. The summed E-state index contributed by atoms with van der Waals surface area (Å²) in [4.78, 5) is 0. The number of allylic oxidation sites excluding steroid dienone is 1. The van der Waals surface area contributed by atoms with E-state index in [1.54, 1.807) is 0 Å². The number of rotatable bonds is 1. The molecule has 0 spiro atoms. The van der Waals surface area contributed by atoms with Gasteiger partial charge in [0.1, 0.15) is 0 Å². The average molecular weight is 300 g/mol. The van der Waals surface area contributed by atoms with Gasteiger partial charge in [-0.05, 0) is 35.7 Å². The Morgan fingerprint density at radius 3 is 2.67 bits per heavy atom. The molecule has 0 amide bonds. The highest BCUT2D eigenvalue weighted by molar-refractivity contribution is 9.10. The van der Waals surface area contributed by atoms with Crippen LogP contribution in [0.3, 0.4) is 0 Å². The molecule has 2 aromatic carbocycles. The Bertz CT molecular complexity index is 589. The molecule has 0 bridgehead atoms. The number of hydrogen-bond donors (Lipinski definition) is 1. The Hall–Kier alpha value is -1.54. The van der Waals surface area contributed by atoms with Crippen molar-refractivity contribution >= 4 is 21.6 Å². The van der Waals surface area contributed by atoms with Gasteiger partial charge in [-0.25, -0.2) is 0 Å². The van der Waals surface area contributed by atoms with Crippen LogP contribution >= 0.6 is 15.9 Å². The predicted octanol–water partition coefficient (Wildman–Crippen LogP) is 4.91. The molecule has 0 aromatic heterocycles. The lowest BCUT2D eigenvalue weighted by Gasteiger charge is -2.28. The minimum Gasteiger partial charge on any atom is -0.359 e. The first-order valence-electron chi connectivity index (χ1n) is 6.03. The van der Waals surface area contributed by atoms with Crippen LogP contribution in [-0.2, 0) is 0 Å². The molecule has 0 aliphatic carbocycles. The second-order valence-corrected chi connectivity index (χ2v) is 5.54. The fraction of sp³-hybridized carbons (Fsp3) is 0.125. The maximum atomic E-state index is 4.09. The first-order valence-corrected chi connectivity index (χ1v) is 6.82. The molecule has 2 heteroatoms. The van der Waals surface area contributed by atoms with Crippen molar-refractivity contribution in [3.05, 3.63) is 76.4 Å². The summed E-state index contributed by atoms with van der Waals surface area (Å²) in [5.41, 5.74) is 4.93. The van der Waals surface area contributed by atoms with Gasteiger partial charge in [-0.15, -0.1) is 0 Å². The number of nitrogens with one attached hydrogen (secondary N) is 1. The molecule has 1 unspecified atom stereocenters. The number of benzene rings is 2. The summed E-state index contributed by atoms with van der Waals surface area (Å²) >= 11 is 3.56. The summed E-state index contributed by atoms with van der Waals surface area (Å²) in [5, 5.41) is 3.37. The molecule has 18 heavy (non-hydrogen) atoms. The summed E-state index contributed by atoms with van der Waals surface area (Å²) in [7, 11) is 0. The van der Waals surface area contributed by atoms with E-state index in [9.17, 15) is 0 Å². The molecule has 3 rings (SSSR count). The quantitative estimate of drug-likeness (QED) is 0.789. The first kappa shape index (κ1) is 11.5. The molecule has 0 fully saturated rings. The summed E-state index contributed by atoms with van der Waals surface area (Å²) in [6.07, 6.45) is 0.952. The van der Waals surface area contributed by atoms with Crippen LogP contribution in [0.4, 0.5) is 5.69 Å². The zero-order chi connectivity index (χ0) is 12.5. The van der Waals surface area contributed by atoms with Gasteiger partial charge in [-0.2, -0.15) is 0 Å². The fourth-order valence-electron chi connectivity index (χ4n) is 2.52. The fourth-order valence-corrected chi connectivity index (χ4v) is 2.90. The number of anilines is 1. The average Bonchev–Trinajstić information content (AvgIpc) is 2.39. The highest BCUT2D eigenvalue weighted by Gasteiger charge is 2.23. The Balaban J connectivity index is 2.12. The Morgan fingerprint density at radius 1 is 1.11 bits per heavy atom. The molecule has 90 valence electrons. The zero-order valence-corrected chi connectivity index (χ0v) is 11.6. The Morgan fingerprint density at radius 2 is 1.89 bits per heavy atom. The topological polar surface area (TPSA) is 12.0 Å². The summed E-state index contributed by atoms with van der Waals surface area (Å²) in [6.45, 7) is 4.09. The Labute approximate surface area is 116 Å². The van der Waals surface area contributed by atoms with Crippen LogP contribution in [0.5, 0.6) is 0 Å². The third-order valence-electron chi connectivity index (χ3n) is 3.35. The zero-order valence-electron chi connectivity index (χ0n) is 9.99. The lowest BCUT2D eigenvalue weighted by Crippen LogP contribution is -2.15. The van der Waals surface area contributed by atoms with E-state index >= 15 is 0 Å². The molecular formula is C16H14BrN. The van der Waals surface area contributed by atoms with Gasteiger partial charge in [0.15, 0.2) is 0 Å². The first-order chi connectivity index (χ1) is 8.74. The third-order valence-corrected chi connectivity index (χ3v) is 3.85. The molecular weight excluding hydrogens is 286 g/mol. The molecule has 0 saturated carbocycles. The van der Waals surface area contributed by atoms with E-state index in [-0.39, 0.29) is 0 Å². The van der Waals surface area contributed by atoms with E-state index < -0.39 is 0 Å². The van der Waals surface area contributed by atoms with Gasteiger partial charge in [0.2, 0.25) is 0 Å². The van der Waals surface area contributed by atoms with Crippen molar-refractivity contribution in [1.29, 1.82) is 0 Å². The minimum atomic E-state index is 0.396. The monoisotopic (exact) mass is 299 g/mol. The lowest BCUT2D eigenvalue weighted by molar-refractivity contribution is 0.780. The van der Waals surface area contributed by atoms with Crippen LogP contribution in [0.15, 0.2) is 65.3 Å². The van der Waals surface area contributed by atoms with Gasteiger partial charge in [-0.3, -0.25) is 0 Å². The SMILES string of the molecule is C=C1CC(c2ccccc2)c2cc(Br)ccc2N1. The van der Waals surface area contributed by atoms with E-state index in [0.29, 0.717) is 5.92 Å². The van der Waals surface area contributed by atoms with E-state index in [1.807, 2.05) is 0 Å². The van der Waals surface area contributed by atoms with Crippen LogP contribution in [0.25, 0.3) is 0 Å². The van der Waals surface area contributed by atoms with Crippen molar-refractivity contribution in [3.63, 3.8) is 0 Å². The smallest absolute Gasteiger partial charge is 0.0421 e. The second kappa shape index (κ2) is 4.62.